The number of halogens is 1. The second kappa shape index (κ2) is 4.64. The van der Waals surface area contributed by atoms with E-state index in [9.17, 15) is 5.11 Å². The van der Waals surface area contributed by atoms with Gasteiger partial charge in [-0.1, -0.05) is 28.1 Å². The lowest BCUT2D eigenvalue weighted by atomic mass is 10.1. The summed E-state index contributed by atoms with van der Waals surface area (Å²) in [6.45, 7) is 4.85. The molecule has 2 nitrogen and oxygen atoms in total. The molecule has 1 aromatic rings. The monoisotopic (exact) mass is 269 g/mol. The molecule has 0 spiro atoms. The summed E-state index contributed by atoms with van der Waals surface area (Å²) in [4.78, 5) is 2.29. The van der Waals surface area contributed by atoms with E-state index in [-0.39, 0.29) is 6.10 Å². The summed E-state index contributed by atoms with van der Waals surface area (Å²) >= 11 is 3.54. The first kappa shape index (κ1) is 11.1. The van der Waals surface area contributed by atoms with Crippen LogP contribution in [0.25, 0.3) is 0 Å². The van der Waals surface area contributed by atoms with Crippen molar-refractivity contribution in [3.05, 3.63) is 33.8 Å². The van der Waals surface area contributed by atoms with Crippen LogP contribution in [0.4, 0.5) is 0 Å². The van der Waals surface area contributed by atoms with Gasteiger partial charge in [-0.15, -0.1) is 0 Å². The van der Waals surface area contributed by atoms with Gasteiger partial charge in [0.15, 0.2) is 0 Å². The van der Waals surface area contributed by atoms with Crippen LogP contribution < -0.4 is 0 Å². The third kappa shape index (κ3) is 2.80. The number of hydrogen-bond donors (Lipinski definition) is 1. The summed E-state index contributed by atoms with van der Waals surface area (Å²) in [7, 11) is 0. The van der Waals surface area contributed by atoms with E-state index in [0.717, 1.165) is 26.1 Å². The Morgan fingerprint density at radius 1 is 1.53 bits per heavy atom. The highest BCUT2D eigenvalue weighted by Crippen LogP contribution is 2.20. The van der Waals surface area contributed by atoms with Crippen LogP contribution in [0.1, 0.15) is 17.5 Å². The maximum Gasteiger partial charge on any atom is 0.0679 e. The lowest BCUT2D eigenvalue weighted by molar-refractivity contribution is 0.175. The highest BCUT2D eigenvalue weighted by atomic mass is 79.9. The largest absolute Gasteiger partial charge is 0.392 e. The van der Waals surface area contributed by atoms with Crippen molar-refractivity contribution in [1.82, 2.24) is 4.90 Å². The fourth-order valence-electron chi connectivity index (χ4n) is 1.95. The molecule has 15 heavy (non-hydrogen) atoms. The molecule has 1 aliphatic rings. The van der Waals surface area contributed by atoms with Gasteiger partial charge in [-0.05, 0) is 30.5 Å². The number of aryl methyl sites for hydroxylation is 1. The van der Waals surface area contributed by atoms with Gasteiger partial charge in [0.1, 0.15) is 0 Å². The number of hydrogen-bond acceptors (Lipinski definition) is 2. The van der Waals surface area contributed by atoms with Gasteiger partial charge in [0, 0.05) is 24.1 Å². The predicted molar refractivity (Wildman–Crippen MR) is 64.8 cm³/mol. The van der Waals surface area contributed by atoms with Gasteiger partial charge >= 0.3 is 0 Å². The molecule has 1 N–H and O–H groups in total. The zero-order valence-corrected chi connectivity index (χ0v) is 10.5. The minimum atomic E-state index is -0.126. The van der Waals surface area contributed by atoms with Gasteiger partial charge in [0.2, 0.25) is 0 Å². The molecule has 0 aromatic heterocycles. The van der Waals surface area contributed by atoms with E-state index in [0.29, 0.717) is 0 Å². The number of benzene rings is 1. The fourth-order valence-corrected chi connectivity index (χ4v) is 2.37. The van der Waals surface area contributed by atoms with E-state index in [2.05, 4.69) is 46.0 Å². The van der Waals surface area contributed by atoms with Crippen LogP contribution in [0, 0.1) is 6.92 Å². The molecule has 3 heteroatoms. The number of likely N-dealkylation sites (tertiary alicyclic amines) is 1. The van der Waals surface area contributed by atoms with Crippen molar-refractivity contribution >= 4 is 15.9 Å². The normalized spacial score (nSPS) is 22.2. The SMILES string of the molecule is Cc1ccc(CN2CC[C@@H](O)C2)cc1Br. The van der Waals surface area contributed by atoms with Crippen LogP contribution >= 0.6 is 15.9 Å². The number of aliphatic hydroxyl groups is 1. The first-order chi connectivity index (χ1) is 7.15. The lowest BCUT2D eigenvalue weighted by Crippen LogP contribution is -2.21. The molecular formula is C12H16BrNO. The maximum atomic E-state index is 9.43. The van der Waals surface area contributed by atoms with Crippen molar-refractivity contribution in [2.75, 3.05) is 13.1 Å². The van der Waals surface area contributed by atoms with E-state index in [1.807, 2.05) is 0 Å². The highest BCUT2D eigenvalue weighted by molar-refractivity contribution is 9.10. The summed E-state index contributed by atoms with van der Waals surface area (Å²) in [5, 5.41) is 9.43. The molecule has 1 heterocycles. The van der Waals surface area contributed by atoms with Crippen molar-refractivity contribution < 1.29 is 5.11 Å². The van der Waals surface area contributed by atoms with E-state index in [4.69, 9.17) is 0 Å². The van der Waals surface area contributed by atoms with E-state index in [1.165, 1.54) is 15.6 Å². The summed E-state index contributed by atoms with van der Waals surface area (Å²) in [6.07, 6.45) is 0.784. The Bertz CT molecular complexity index is 353. The zero-order chi connectivity index (χ0) is 10.8. The molecule has 1 aromatic carbocycles. The van der Waals surface area contributed by atoms with Crippen molar-refractivity contribution in [2.24, 2.45) is 0 Å². The average molecular weight is 270 g/mol. The van der Waals surface area contributed by atoms with E-state index < -0.39 is 0 Å². The number of rotatable bonds is 2. The molecule has 0 unspecified atom stereocenters. The molecule has 1 aliphatic heterocycles. The quantitative estimate of drug-likeness (QED) is 0.891. The summed E-state index contributed by atoms with van der Waals surface area (Å²) in [6, 6.07) is 6.46. The molecule has 0 bridgehead atoms. The van der Waals surface area contributed by atoms with Crippen molar-refractivity contribution in [3.63, 3.8) is 0 Å². The van der Waals surface area contributed by atoms with Crippen LogP contribution in [0.5, 0.6) is 0 Å². The number of nitrogens with zero attached hydrogens (tertiary/aromatic N) is 1. The molecule has 0 aliphatic carbocycles. The topological polar surface area (TPSA) is 23.5 Å². The minimum absolute atomic E-state index is 0.126. The summed E-state index contributed by atoms with van der Waals surface area (Å²) in [5.41, 5.74) is 2.57. The molecule has 2 rings (SSSR count). The first-order valence-electron chi connectivity index (χ1n) is 5.30. The summed E-state index contributed by atoms with van der Waals surface area (Å²) < 4.78 is 1.17. The molecule has 1 atom stereocenters. The van der Waals surface area contributed by atoms with Crippen molar-refractivity contribution in [3.8, 4) is 0 Å². The Balaban J connectivity index is 2.02. The van der Waals surface area contributed by atoms with Crippen LogP contribution in [0.3, 0.4) is 0 Å². The zero-order valence-electron chi connectivity index (χ0n) is 8.91. The standard InChI is InChI=1S/C12H16BrNO/c1-9-2-3-10(6-12(9)13)7-14-5-4-11(15)8-14/h2-3,6,11,15H,4-5,7-8H2,1H3/t11-/m1/s1. The van der Waals surface area contributed by atoms with Gasteiger partial charge in [-0.2, -0.15) is 0 Å². The maximum absolute atomic E-state index is 9.43. The van der Waals surface area contributed by atoms with Crippen LogP contribution in [0.2, 0.25) is 0 Å². The molecule has 0 saturated carbocycles. The minimum Gasteiger partial charge on any atom is -0.392 e. The van der Waals surface area contributed by atoms with Crippen LogP contribution in [-0.2, 0) is 6.54 Å². The highest BCUT2D eigenvalue weighted by Gasteiger charge is 2.19. The molecule has 82 valence electrons. The Kier molecular flexibility index (Phi) is 3.44. The van der Waals surface area contributed by atoms with E-state index >= 15 is 0 Å². The van der Waals surface area contributed by atoms with Gasteiger partial charge in [0.25, 0.3) is 0 Å². The Morgan fingerprint density at radius 2 is 2.33 bits per heavy atom. The van der Waals surface area contributed by atoms with Crippen LogP contribution in [-0.4, -0.2) is 29.2 Å². The predicted octanol–water partition coefficient (Wildman–Crippen LogP) is 2.32. The second-order valence-electron chi connectivity index (χ2n) is 4.26. The van der Waals surface area contributed by atoms with Gasteiger partial charge < -0.3 is 5.11 Å². The molecule has 1 saturated heterocycles. The smallest absolute Gasteiger partial charge is 0.0679 e. The fraction of sp³-hybridized carbons (Fsp3) is 0.500. The Labute approximate surface area is 99.0 Å². The molecule has 1 fully saturated rings. The third-order valence-electron chi connectivity index (χ3n) is 2.89. The lowest BCUT2D eigenvalue weighted by Gasteiger charge is -2.15. The molecule has 0 amide bonds. The van der Waals surface area contributed by atoms with E-state index in [1.54, 1.807) is 0 Å². The third-order valence-corrected chi connectivity index (χ3v) is 3.74. The van der Waals surface area contributed by atoms with Crippen molar-refractivity contribution in [2.45, 2.75) is 26.0 Å². The second-order valence-corrected chi connectivity index (χ2v) is 5.12. The molecule has 0 radical (unpaired) electrons. The number of β-amino-alcohol motifs (C(OH)–C–C–N with tert-alkyl or cyclic N) is 1. The van der Waals surface area contributed by atoms with Crippen molar-refractivity contribution in [1.29, 1.82) is 0 Å². The first-order valence-corrected chi connectivity index (χ1v) is 6.10. The van der Waals surface area contributed by atoms with Crippen LogP contribution in [0.15, 0.2) is 22.7 Å². The van der Waals surface area contributed by atoms with Gasteiger partial charge in [-0.25, -0.2) is 0 Å². The van der Waals surface area contributed by atoms with Gasteiger partial charge in [-0.3, -0.25) is 4.90 Å². The average Bonchev–Trinajstić information content (AvgIpc) is 2.58. The number of aliphatic hydroxyl groups excluding tert-OH is 1. The summed E-state index contributed by atoms with van der Waals surface area (Å²) in [5.74, 6) is 0. The Hall–Kier alpha value is -0.380. The van der Waals surface area contributed by atoms with Gasteiger partial charge in [0.05, 0.1) is 6.10 Å². The Morgan fingerprint density at radius 3 is 2.93 bits per heavy atom. The molecular weight excluding hydrogens is 254 g/mol.